The smallest absolute Gasteiger partial charge is 0.125 e. The lowest BCUT2D eigenvalue weighted by Crippen LogP contribution is -1.93. The predicted octanol–water partition coefficient (Wildman–Crippen LogP) is 3.46. The molecule has 0 saturated heterocycles. The molecule has 3 heteroatoms. The third-order valence-electron chi connectivity index (χ3n) is 2.21. The van der Waals surface area contributed by atoms with Crippen molar-refractivity contribution in [2.24, 2.45) is 0 Å². The van der Waals surface area contributed by atoms with E-state index in [2.05, 4.69) is 5.32 Å². The molecule has 0 aromatic heterocycles. The lowest BCUT2D eigenvalue weighted by molar-refractivity contribution is 0.628. The number of halogens is 1. The Morgan fingerprint density at radius 2 is 1.88 bits per heavy atom. The number of hydrogen-bond acceptors (Lipinski definition) is 2. The van der Waals surface area contributed by atoms with Crippen LogP contribution in [0.4, 0.5) is 21.5 Å². The Balaban J connectivity index is 2.27. The minimum absolute atomic E-state index is 0.259. The van der Waals surface area contributed by atoms with Gasteiger partial charge >= 0.3 is 0 Å². The summed E-state index contributed by atoms with van der Waals surface area (Å²) >= 11 is 0. The van der Waals surface area contributed by atoms with Crippen molar-refractivity contribution in [1.29, 1.82) is 0 Å². The van der Waals surface area contributed by atoms with Crippen LogP contribution in [0.25, 0.3) is 0 Å². The standard InChI is InChI=1S/C13H13FN2/c1-9-5-11(15)8-13(6-9)16-12-4-2-3-10(14)7-12/h2-8,16H,15H2,1H3. The van der Waals surface area contributed by atoms with E-state index in [9.17, 15) is 4.39 Å². The topological polar surface area (TPSA) is 38.0 Å². The summed E-state index contributed by atoms with van der Waals surface area (Å²) in [5.41, 5.74) is 9.07. The first kappa shape index (κ1) is 10.5. The number of benzene rings is 2. The molecule has 0 amide bonds. The van der Waals surface area contributed by atoms with Crippen LogP contribution in [0.3, 0.4) is 0 Å². The monoisotopic (exact) mass is 216 g/mol. The fourth-order valence-corrected chi connectivity index (χ4v) is 1.62. The second kappa shape index (κ2) is 4.23. The van der Waals surface area contributed by atoms with E-state index in [0.717, 1.165) is 11.3 Å². The Kier molecular flexibility index (Phi) is 2.77. The minimum Gasteiger partial charge on any atom is -0.399 e. The van der Waals surface area contributed by atoms with Crippen molar-refractivity contribution in [3.05, 3.63) is 53.8 Å². The predicted molar refractivity (Wildman–Crippen MR) is 65.3 cm³/mol. The fraction of sp³-hybridized carbons (Fsp3) is 0.0769. The van der Waals surface area contributed by atoms with E-state index in [-0.39, 0.29) is 5.82 Å². The highest BCUT2D eigenvalue weighted by atomic mass is 19.1. The molecule has 16 heavy (non-hydrogen) atoms. The quantitative estimate of drug-likeness (QED) is 0.754. The van der Waals surface area contributed by atoms with Crippen LogP contribution >= 0.6 is 0 Å². The van der Waals surface area contributed by atoms with Crippen LogP contribution in [0.1, 0.15) is 5.56 Å². The van der Waals surface area contributed by atoms with Crippen molar-refractivity contribution in [2.45, 2.75) is 6.92 Å². The summed E-state index contributed by atoms with van der Waals surface area (Å²) in [5.74, 6) is -0.259. The summed E-state index contributed by atoms with van der Waals surface area (Å²) in [4.78, 5) is 0. The van der Waals surface area contributed by atoms with Gasteiger partial charge in [-0.05, 0) is 48.9 Å². The summed E-state index contributed by atoms with van der Waals surface area (Å²) < 4.78 is 13.0. The highest BCUT2D eigenvalue weighted by Crippen LogP contribution is 2.21. The third-order valence-corrected chi connectivity index (χ3v) is 2.21. The molecule has 0 unspecified atom stereocenters. The van der Waals surface area contributed by atoms with Gasteiger partial charge in [-0.1, -0.05) is 6.07 Å². The maximum Gasteiger partial charge on any atom is 0.125 e. The van der Waals surface area contributed by atoms with Crippen molar-refractivity contribution in [1.82, 2.24) is 0 Å². The molecule has 0 aliphatic rings. The number of aryl methyl sites for hydroxylation is 1. The van der Waals surface area contributed by atoms with Crippen molar-refractivity contribution in [3.63, 3.8) is 0 Å². The van der Waals surface area contributed by atoms with Gasteiger partial charge in [-0.3, -0.25) is 0 Å². The Bertz CT molecular complexity index is 489. The molecule has 2 aromatic rings. The Hall–Kier alpha value is -2.03. The van der Waals surface area contributed by atoms with Gasteiger partial charge in [-0.25, -0.2) is 4.39 Å². The van der Waals surface area contributed by atoms with Gasteiger partial charge in [0.05, 0.1) is 0 Å². The Morgan fingerprint density at radius 3 is 2.56 bits per heavy atom. The van der Waals surface area contributed by atoms with Crippen LogP contribution in [0.2, 0.25) is 0 Å². The van der Waals surface area contributed by atoms with Crippen molar-refractivity contribution >= 4 is 17.1 Å². The number of nitrogens with two attached hydrogens (primary N) is 1. The van der Waals surface area contributed by atoms with Crippen LogP contribution in [0.5, 0.6) is 0 Å². The van der Waals surface area contributed by atoms with Gasteiger partial charge in [-0.2, -0.15) is 0 Å². The van der Waals surface area contributed by atoms with Gasteiger partial charge in [0.1, 0.15) is 5.82 Å². The maximum absolute atomic E-state index is 13.0. The van der Waals surface area contributed by atoms with E-state index in [1.54, 1.807) is 6.07 Å². The molecule has 0 aliphatic carbocycles. The molecule has 0 spiro atoms. The molecule has 2 rings (SSSR count). The summed E-state index contributed by atoms with van der Waals surface area (Å²) in [6.07, 6.45) is 0. The zero-order valence-electron chi connectivity index (χ0n) is 9.00. The molecular weight excluding hydrogens is 203 g/mol. The van der Waals surface area contributed by atoms with Crippen molar-refractivity contribution < 1.29 is 4.39 Å². The number of hydrogen-bond donors (Lipinski definition) is 2. The van der Waals surface area contributed by atoms with Crippen LogP contribution < -0.4 is 11.1 Å². The third kappa shape index (κ3) is 2.51. The second-order valence-corrected chi connectivity index (χ2v) is 3.77. The lowest BCUT2D eigenvalue weighted by atomic mass is 10.2. The Morgan fingerprint density at radius 1 is 1.06 bits per heavy atom. The van der Waals surface area contributed by atoms with E-state index < -0.39 is 0 Å². The van der Waals surface area contributed by atoms with E-state index in [1.165, 1.54) is 12.1 Å². The summed E-state index contributed by atoms with van der Waals surface area (Å²) in [5, 5.41) is 3.11. The molecule has 0 fully saturated rings. The Labute approximate surface area is 93.9 Å². The molecule has 0 bridgehead atoms. The van der Waals surface area contributed by atoms with Gasteiger partial charge in [0.25, 0.3) is 0 Å². The molecular formula is C13H13FN2. The first-order valence-electron chi connectivity index (χ1n) is 5.03. The number of rotatable bonds is 2. The first-order valence-corrected chi connectivity index (χ1v) is 5.03. The highest BCUT2D eigenvalue weighted by molar-refractivity contribution is 5.64. The maximum atomic E-state index is 13.0. The number of anilines is 3. The zero-order chi connectivity index (χ0) is 11.5. The summed E-state index contributed by atoms with van der Waals surface area (Å²) in [7, 11) is 0. The van der Waals surface area contributed by atoms with Crippen LogP contribution in [-0.2, 0) is 0 Å². The highest BCUT2D eigenvalue weighted by Gasteiger charge is 1.98. The fourth-order valence-electron chi connectivity index (χ4n) is 1.62. The van der Waals surface area contributed by atoms with Crippen LogP contribution in [-0.4, -0.2) is 0 Å². The van der Waals surface area contributed by atoms with E-state index in [4.69, 9.17) is 5.73 Å². The molecule has 2 aromatic carbocycles. The molecule has 0 atom stereocenters. The molecule has 0 radical (unpaired) electrons. The molecule has 0 aliphatic heterocycles. The second-order valence-electron chi connectivity index (χ2n) is 3.77. The zero-order valence-corrected chi connectivity index (χ0v) is 9.00. The molecule has 2 nitrogen and oxygen atoms in total. The lowest BCUT2D eigenvalue weighted by Gasteiger charge is -2.08. The van der Waals surface area contributed by atoms with Crippen molar-refractivity contribution in [3.8, 4) is 0 Å². The van der Waals surface area contributed by atoms with Crippen LogP contribution in [0.15, 0.2) is 42.5 Å². The van der Waals surface area contributed by atoms with E-state index in [1.807, 2.05) is 31.2 Å². The number of nitrogens with one attached hydrogen (secondary N) is 1. The van der Waals surface area contributed by atoms with Crippen molar-refractivity contribution in [2.75, 3.05) is 11.1 Å². The molecule has 82 valence electrons. The van der Waals surface area contributed by atoms with Crippen LogP contribution in [0, 0.1) is 12.7 Å². The van der Waals surface area contributed by atoms with Gasteiger partial charge in [0.2, 0.25) is 0 Å². The normalized spacial score (nSPS) is 10.1. The molecule has 0 heterocycles. The summed E-state index contributed by atoms with van der Waals surface area (Å²) in [6, 6.07) is 12.0. The molecule has 3 N–H and O–H groups in total. The molecule has 0 saturated carbocycles. The SMILES string of the molecule is Cc1cc(N)cc(Nc2cccc(F)c2)c1. The van der Waals surface area contributed by atoms with Gasteiger partial charge < -0.3 is 11.1 Å². The van der Waals surface area contributed by atoms with E-state index >= 15 is 0 Å². The minimum atomic E-state index is -0.259. The largest absolute Gasteiger partial charge is 0.399 e. The van der Waals surface area contributed by atoms with Gasteiger partial charge in [-0.15, -0.1) is 0 Å². The van der Waals surface area contributed by atoms with E-state index in [0.29, 0.717) is 11.4 Å². The van der Waals surface area contributed by atoms with Gasteiger partial charge in [0, 0.05) is 17.1 Å². The average molecular weight is 216 g/mol. The average Bonchev–Trinajstić information content (AvgIpc) is 2.15. The first-order chi connectivity index (χ1) is 7.63. The van der Waals surface area contributed by atoms with Gasteiger partial charge in [0.15, 0.2) is 0 Å². The summed E-state index contributed by atoms with van der Waals surface area (Å²) in [6.45, 7) is 1.97. The number of nitrogen functional groups attached to an aromatic ring is 1.